The SMILES string of the molecule is CON(C)C(=O)c1cc(-c2nn3c(c2Cl)CCCC3)c(F)cc1Cl. The second-order valence-corrected chi connectivity index (χ2v) is 6.37. The number of hydrogen-bond acceptors (Lipinski definition) is 3. The van der Waals surface area contributed by atoms with Gasteiger partial charge < -0.3 is 0 Å². The number of benzene rings is 1. The fourth-order valence-corrected chi connectivity index (χ4v) is 3.33. The number of fused-ring (bicyclic) bond motifs is 1. The first kappa shape index (κ1) is 17.2. The van der Waals surface area contributed by atoms with E-state index >= 15 is 0 Å². The van der Waals surface area contributed by atoms with Gasteiger partial charge in [-0.2, -0.15) is 5.10 Å². The summed E-state index contributed by atoms with van der Waals surface area (Å²) in [6.45, 7) is 0.752. The summed E-state index contributed by atoms with van der Waals surface area (Å²) in [5.74, 6) is -1.06. The maximum atomic E-state index is 14.5. The maximum Gasteiger partial charge on any atom is 0.278 e. The fraction of sp³-hybridized carbons (Fsp3) is 0.375. The molecule has 0 spiro atoms. The van der Waals surface area contributed by atoms with Crippen LogP contribution in [0.4, 0.5) is 4.39 Å². The Morgan fingerprint density at radius 2 is 2.12 bits per heavy atom. The van der Waals surface area contributed by atoms with Crippen LogP contribution < -0.4 is 0 Å². The van der Waals surface area contributed by atoms with E-state index in [2.05, 4.69) is 5.10 Å². The molecule has 2 aromatic rings. The number of amides is 1. The van der Waals surface area contributed by atoms with E-state index in [-0.39, 0.29) is 16.1 Å². The lowest BCUT2D eigenvalue weighted by Crippen LogP contribution is -2.25. The van der Waals surface area contributed by atoms with Crippen molar-refractivity contribution in [2.24, 2.45) is 0 Å². The van der Waals surface area contributed by atoms with E-state index in [4.69, 9.17) is 28.0 Å². The second kappa shape index (κ2) is 6.70. The number of hydroxylamine groups is 2. The zero-order valence-electron chi connectivity index (χ0n) is 13.3. The lowest BCUT2D eigenvalue weighted by atomic mass is 10.0. The number of aromatic nitrogens is 2. The average Bonchev–Trinajstić information content (AvgIpc) is 2.91. The van der Waals surface area contributed by atoms with Crippen LogP contribution in [0.3, 0.4) is 0 Å². The highest BCUT2D eigenvalue weighted by molar-refractivity contribution is 6.35. The van der Waals surface area contributed by atoms with Crippen LogP contribution in [0.2, 0.25) is 10.0 Å². The first-order chi connectivity index (χ1) is 11.4. The summed E-state index contributed by atoms with van der Waals surface area (Å²) >= 11 is 12.4. The molecule has 1 amide bonds. The molecule has 0 fully saturated rings. The molecule has 2 heterocycles. The molecule has 24 heavy (non-hydrogen) atoms. The van der Waals surface area contributed by atoms with Gasteiger partial charge in [-0.05, 0) is 31.4 Å². The third-order valence-electron chi connectivity index (χ3n) is 4.13. The van der Waals surface area contributed by atoms with Crippen molar-refractivity contribution in [2.45, 2.75) is 25.8 Å². The molecule has 1 aromatic carbocycles. The van der Waals surface area contributed by atoms with Crippen LogP contribution in [0.5, 0.6) is 0 Å². The highest BCUT2D eigenvalue weighted by Crippen LogP contribution is 2.36. The average molecular weight is 372 g/mol. The predicted octanol–water partition coefficient (Wildman–Crippen LogP) is 3.97. The minimum Gasteiger partial charge on any atom is -0.274 e. The predicted molar refractivity (Wildman–Crippen MR) is 89.7 cm³/mol. The van der Waals surface area contributed by atoms with Crippen molar-refractivity contribution in [3.63, 3.8) is 0 Å². The van der Waals surface area contributed by atoms with Gasteiger partial charge in [-0.1, -0.05) is 23.2 Å². The Hall–Kier alpha value is -1.63. The standard InChI is InChI=1S/C16H16Cl2FN3O2/c1-21(24-2)16(23)9-7-10(12(19)8-11(9)17)15-14(18)13-5-3-4-6-22(13)20-15/h7-8H,3-6H2,1-2H3. The van der Waals surface area contributed by atoms with Gasteiger partial charge in [0.25, 0.3) is 5.91 Å². The largest absolute Gasteiger partial charge is 0.278 e. The van der Waals surface area contributed by atoms with E-state index in [0.717, 1.165) is 42.6 Å². The highest BCUT2D eigenvalue weighted by atomic mass is 35.5. The van der Waals surface area contributed by atoms with Gasteiger partial charge >= 0.3 is 0 Å². The van der Waals surface area contributed by atoms with Crippen molar-refractivity contribution >= 4 is 29.1 Å². The van der Waals surface area contributed by atoms with Gasteiger partial charge in [0.1, 0.15) is 11.5 Å². The maximum absolute atomic E-state index is 14.5. The summed E-state index contributed by atoms with van der Waals surface area (Å²) in [5.41, 5.74) is 1.50. The molecule has 128 valence electrons. The van der Waals surface area contributed by atoms with Crippen molar-refractivity contribution in [3.8, 4) is 11.3 Å². The second-order valence-electron chi connectivity index (χ2n) is 5.59. The van der Waals surface area contributed by atoms with Crippen LogP contribution in [0, 0.1) is 5.82 Å². The number of aryl methyl sites for hydroxylation is 1. The minimum absolute atomic E-state index is 0.00486. The molecule has 1 aliphatic heterocycles. The molecule has 0 bridgehead atoms. The Labute approximate surface area is 148 Å². The molecule has 0 saturated heterocycles. The van der Waals surface area contributed by atoms with E-state index in [0.29, 0.717) is 10.7 Å². The third-order valence-corrected chi connectivity index (χ3v) is 4.84. The fourth-order valence-electron chi connectivity index (χ4n) is 2.77. The van der Waals surface area contributed by atoms with Gasteiger partial charge in [0, 0.05) is 19.2 Å². The molecule has 0 unspecified atom stereocenters. The summed E-state index contributed by atoms with van der Waals surface area (Å²) in [5, 5.41) is 5.87. The first-order valence-corrected chi connectivity index (χ1v) is 8.26. The molecule has 0 N–H and O–H groups in total. The number of hydrogen-bond donors (Lipinski definition) is 0. The van der Waals surface area contributed by atoms with Crippen LogP contribution in [0.1, 0.15) is 28.9 Å². The topological polar surface area (TPSA) is 47.4 Å². The zero-order valence-corrected chi connectivity index (χ0v) is 14.8. The molecule has 1 aromatic heterocycles. The molecule has 0 saturated carbocycles. The monoisotopic (exact) mass is 371 g/mol. The Balaban J connectivity index is 2.12. The number of nitrogens with zero attached hydrogens (tertiary/aromatic N) is 3. The van der Waals surface area contributed by atoms with Gasteiger partial charge in [0.05, 0.1) is 28.4 Å². The highest BCUT2D eigenvalue weighted by Gasteiger charge is 2.25. The van der Waals surface area contributed by atoms with E-state index in [1.54, 1.807) is 4.68 Å². The Morgan fingerprint density at radius 3 is 2.79 bits per heavy atom. The summed E-state index contributed by atoms with van der Waals surface area (Å²) < 4.78 is 16.3. The van der Waals surface area contributed by atoms with Gasteiger partial charge in [-0.25, -0.2) is 9.45 Å². The molecule has 8 heteroatoms. The van der Waals surface area contributed by atoms with Gasteiger partial charge in [0.15, 0.2) is 0 Å². The van der Waals surface area contributed by atoms with Crippen LogP contribution in [0.25, 0.3) is 11.3 Å². The molecule has 0 radical (unpaired) electrons. The Kier molecular flexibility index (Phi) is 4.80. The quantitative estimate of drug-likeness (QED) is 0.767. The van der Waals surface area contributed by atoms with Crippen LogP contribution >= 0.6 is 23.2 Å². The zero-order chi connectivity index (χ0) is 17.4. The normalized spacial score (nSPS) is 13.7. The summed E-state index contributed by atoms with van der Waals surface area (Å²) in [6, 6.07) is 2.47. The summed E-state index contributed by atoms with van der Waals surface area (Å²) in [4.78, 5) is 17.2. The molecular formula is C16H16Cl2FN3O2. The van der Waals surface area contributed by atoms with Crippen molar-refractivity contribution < 1.29 is 14.0 Å². The molecule has 1 aliphatic rings. The summed E-state index contributed by atoms with van der Waals surface area (Å²) in [7, 11) is 2.81. The van der Waals surface area contributed by atoms with Crippen molar-refractivity contribution in [3.05, 3.63) is 39.3 Å². The molecule has 0 aliphatic carbocycles. The van der Waals surface area contributed by atoms with E-state index < -0.39 is 11.7 Å². The molecule has 3 rings (SSSR count). The van der Waals surface area contributed by atoms with E-state index in [9.17, 15) is 9.18 Å². The van der Waals surface area contributed by atoms with Crippen molar-refractivity contribution in [2.75, 3.05) is 14.2 Å². The van der Waals surface area contributed by atoms with Crippen molar-refractivity contribution in [1.29, 1.82) is 0 Å². The van der Waals surface area contributed by atoms with Crippen LogP contribution in [-0.4, -0.2) is 34.9 Å². The summed E-state index contributed by atoms with van der Waals surface area (Å²) in [6.07, 6.45) is 2.84. The Morgan fingerprint density at radius 1 is 1.38 bits per heavy atom. The minimum atomic E-state index is -0.575. The number of carbonyl (C=O) groups excluding carboxylic acids is 1. The van der Waals surface area contributed by atoms with Crippen molar-refractivity contribution in [1.82, 2.24) is 14.8 Å². The van der Waals surface area contributed by atoms with Gasteiger partial charge in [-0.15, -0.1) is 0 Å². The lowest BCUT2D eigenvalue weighted by Gasteiger charge is -2.15. The van der Waals surface area contributed by atoms with Crippen LogP contribution in [0.15, 0.2) is 12.1 Å². The smallest absolute Gasteiger partial charge is 0.274 e. The third kappa shape index (κ3) is 2.90. The lowest BCUT2D eigenvalue weighted by molar-refractivity contribution is -0.0756. The Bertz CT molecular complexity index is 807. The first-order valence-electron chi connectivity index (χ1n) is 7.50. The van der Waals surface area contributed by atoms with E-state index in [1.807, 2.05) is 0 Å². The van der Waals surface area contributed by atoms with E-state index in [1.165, 1.54) is 20.2 Å². The number of halogens is 3. The molecule has 0 atom stereocenters. The number of rotatable bonds is 3. The number of carbonyl (C=O) groups is 1. The molecule has 5 nitrogen and oxygen atoms in total. The van der Waals surface area contributed by atoms with Gasteiger partial charge in [0.2, 0.25) is 0 Å². The van der Waals surface area contributed by atoms with Gasteiger partial charge in [-0.3, -0.25) is 14.3 Å². The van der Waals surface area contributed by atoms with Crippen LogP contribution in [-0.2, 0) is 17.8 Å². The molecular weight excluding hydrogens is 356 g/mol.